The van der Waals surface area contributed by atoms with Crippen LogP contribution in [0.1, 0.15) is 37.5 Å². The van der Waals surface area contributed by atoms with Crippen LogP contribution in [0.25, 0.3) is 0 Å². The highest BCUT2D eigenvalue weighted by atomic mass is 16.5. The molecule has 2 heterocycles. The van der Waals surface area contributed by atoms with Crippen LogP contribution in [0.3, 0.4) is 0 Å². The van der Waals surface area contributed by atoms with E-state index in [4.69, 9.17) is 4.74 Å². The molecule has 1 aliphatic heterocycles. The Morgan fingerprint density at radius 2 is 2.08 bits per heavy atom. The molecular formula is C20H28N4O. The van der Waals surface area contributed by atoms with Gasteiger partial charge in [0, 0.05) is 38.6 Å². The van der Waals surface area contributed by atoms with Crippen LogP contribution in [-0.2, 0) is 7.05 Å². The lowest BCUT2D eigenvalue weighted by Gasteiger charge is -2.37. The fourth-order valence-electron chi connectivity index (χ4n) is 4.00. The lowest BCUT2D eigenvalue weighted by atomic mass is 10.0. The van der Waals surface area contributed by atoms with Gasteiger partial charge in [-0.15, -0.1) is 0 Å². The third kappa shape index (κ3) is 3.52. The third-order valence-electron chi connectivity index (χ3n) is 5.49. The minimum absolute atomic E-state index is 0.377. The van der Waals surface area contributed by atoms with Crippen LogP contribution in [0, 0.1) is 5.92 Å². The fourth-order valence-corrected chi connectivity index (χ4v) is 4.00. The normalized spacial score (nSPS) is 22.0. The summed E-state index contributed by atoms with van der Waals surface area (Å²) < 4.78 is 7.73. The zero-order valence-electron chi connectivity index (χ0n) is 15.2. The number of ether oxygens (including phenoxy) is 1. The van der Waals surface area contributed by atoms with Gasteiger partial charge in [0.25, 0.3) is 0 Å². The minimum atomic E-state index is 0.377. The van der Waals surface area contributed by atoms with Gasteiger partial charge in [-0.25, -0.2) is 4.98 Å². The number of imidazole rings is 1. The van der Waals surface area contributed by atoms with E-state index in [-0.39, 0.29) is 0 Å². The van der Waals surface area contributed by atoms with Crippen molar-refractivity contribution in [1.82, 2.24) is 14.9 Å². The lowest BCUT2D eigenvalue weighted by Crippen LogP contribution is -2.47. The molecule has 25 heavy (non-hydrogen) atoms. The van der Waals surface area contributed by atoms with Crippen molar-refractivity contribution in [3.05, 3.63) is 42.5 Å². The van der Waals surface area contributed by atoms with E-state index in [0.29, 0.717) is 12.1 Å². The number of aromatic nitrogens is 2. The highest BCUT2D eigenvalue weighted by Gasteiger charge is 2.36. The summed E-state index contributed by atoms with van der Waals surface area (Å²) in [7, 11) is 3.85. The van der Waals surface area contributed by atoms with E-state index >= 15 is 0 Å². The number of hydrogen-bond donors (Lipinski definition) is 1. The number of hydrogen-bond acceptors (Lipinski definition) is 4. The largest absolute Gasteiger partial charge is 0.495 e. The van der Waals surface area contributed by atoms with Crippen LogP contribution in [0.4, 0.5) is 5.69 Å². The maximum atomic E-state index is 5.56. The Morgan fingerprint density at radius 3 is 2.80 bits per heavy atom. The van der Waals surface area contributed by atoms with Crippen molar-refractivity contribution in [2.24, 2.45) is 13.0 Å². The van der Waals surface area contributed by atoms with Gasteiger partial charge < -0.3 is 19.5 Å². The van der Waals surface area contributed by atoms with Crippen LogP contribution in [-0.4, -0.2) is 35.8 Å². The van der Waals surface area contributed by atoms with Gasteiger partial charge >= 0.3 is 0 Å². The molecule has 5 heteroatoms. The Labute approximate surface area is 150 Å². The van der Waals surface area contributed by atoms with E-state index in [1.165, 1.54) is 37.2 Å². The molecule has 0 spiro atoms. The number of aryl methyl sites for hydroxylation is 1. The number of para-hydroxylation sites is 2. The summed E-state index contributed by atoms with van der Waals surface area (Å²) in [6, 6.07) is 9.21. The number of rotatable bonds is 6. The number of anilines is 1. The Balaban J connectivity index is 1.48. The van der Waals surface area contributed by atoms with Crippen LogP contribution >= 0.6 is 0 Å². The van der Waals surface area contributed by atoms with Crippen LogP contribution in [0.2, 0.25) is 0 Å². The molecule has 0 bridgehead atoms. The van der Waals surface area contributed by atoms with Crippen LogP contribution in [0.15, 0.2) is 36.7 Å². The molecule has 2 atom stereocenters. The van der Waals surface area contributed by atoms with Crippen LogP contribution < -0.4 is 15.0 Å². The molecule has 1 aliphatic carbocycles. The summed E-state index contributed by atoms with van der Waals surface area (Å²) in [5.74, 6) is 2.88. The maximum absolute atomic E-state index is 5.56. The first-order chi connectivity index (χ1) is 12.3. The van der Waals surface area contributed by atoms with E-state index in [9.17, 15) is 0 Å². The number of benzene rings is 1. The lowest BCUT2D eigenvalue weighted by molar-refractivity contribution is 0.341. The highest BCUT2D eigenvalue weighted by molar-refractivity contribution is 5.58. The highest BCUT2D eigenvalue weighted by Crippen LogP contribution is 2.41. The molecule has 5 nitrogen and oxygen atoms in total. The van der Waals surface area contributed by atoms with Gasteiger partial charge in [0.2, 0.25) is 0 Å². The minimum Gasteiger partial charge on any atom is -0.495 e. The summed E-state index contributed by atoms with van der Waals surface area (Å²) >= 11 is 0. The number of methoxy groups -OCH3 is 1. The van der Waals surface area contributed by atoms with Crippen molar-refractivity contribution in [2.45, 2.75) is 37.8 Å². The molecule has 2 aliphatic rings. The second-order valence-corrected chi connectivity index (χ2v) is 7.34. The number of piperidine rings is 1. The van der Waals surface area contributed by atoms with Crippen molar-refractivity contribution in [3.8, 4) is 5.75 Å². The Hall–Kier alpha value is -2.01. The molecule has 4 rings (SSSR count). The molecule has 2 fully saturated rings. The predicted octanol–water partition coefficient (Wildman–Crippen LogP) is 3.14. The molecule has 0 radical (unpaired) electrons. The SMILES string of the molecule is COc1ccccc1N1CCC[C@H](N[C@@H](c2nccn2C)C2CC2)C1. The van der Waals surface area contributed by atoms with Crippen molar-refractivity contribution in [1.29, 1.82) is 0 Å². The molecule has 0 amide bonds. The quantitative estimate of drug-likeness (QED) is 0.877. The van der Waals surface area contributed by atoms with Gasteiger partial charge in [0.15, 0.2) is 0 Å². The van der Waals surface area contributed by atoms with Crippen LogP contribution in [0.5, 0.6) is 5.75 Å². The smallest absolute Gasteiger partial charge is 0.142 e. The van der Waals surface area contributed by atoms with Crippen molar-refractivity contribution in [3.63, 3.8) is 0 Å². The first-order valence-electron chi connectivity index (χ1n) is 9.37. The Kier molecular flexibility index (Phi) is 4.66. The van der Waals surface area contributed by atoms with E-state index in [0.717, 1.165) is 24.8 Å². The summed E-state index contributed by atoms with van der Waals surface area (Å²) in [6.07, 6.45) is 9.01. The molecular weight excluding hydrogens is 312 g/mol. The summed E-state index contributed by atoms with van der Waals surface area (Å²) in [6.45, 7) is 2.11. The van der Waals surface area contributed by atoms with Gasteiger partial charge in [-0.1, -0.05) is 12.1 Å². The average molecular weight is 340 g/mol. The zero-order chi connectivity index (χ0) is 17.2. The maximum Gasteiger partial charge on any atom is 0.142 e. The van der Waals surface area contributed by atoms with E-state index < -0.39 is 0 Å². The summed E-state index contributed by atoms with van der Waals surface area (Å²) in [5, 5.41) is 3.93. The standard InChI is InChI=1S/C20H28N4O/c1-23-13-11-21-20(23)19(15-9-10-15)22-16-6-5-12-24(14-16)17-7-3-4-8-18(17)25-2/h3-4,7-8,11,13,15-16,19,22H,5-6,9-10,12,14H2,1-2H3/t16-,19+/m0/s1. The second kappa shape index (κ2) is 7.08. The molecule has 0 unspecified atom stereocenters. The molecule has 1 saturated carbocycles. The van der Waals surface area contributed by atoms with Crippen molar-refractivity contribution in [2.75, 3.05) is 25.1 Å². The van der Waals surface area contributed by atoms with Gasteiger partial charge in [-0.3, -0.25) is 0 Å². The number of nitrogens with one attached hydrogen (secondary N) is 1. The zero-order valence-corrected chi connectivity index (χ0v) is 15.2. The van der Waals surface area contributed by atoms with Crippen molar-refractivity contribution < 1.29 is 4.74 Å². The average Bonchev–Trinajstić information content (AvgIpc) is 3.41. The van der Waals surface area contributed by atoms with Gasteiger partial charge in [-0.2, -0.15) is 0 Å². The fraction of sp³-hybridized carbons (Fsp3) is 0.550. The first kappa shape index (κ1) is 16.5. The van der Waals surface area contributed by atoms with Gasteiger partial charge in [0.05, 0.1) is 18.8 Å². The first-order valence-corrected chi connectivity index (χ1v) is 9.37. The molecule has 1 aromatic carbocycles. The Bertz CT molecular complexity index is 709. The monoisotopic (exact) mass is 340 g/mol. The van der Waals surface area contributed by atoms with E-state index in [1.807, 2.05) is 18.3 Å². The molecule has 134 valence electrons. The van der Waals surface area contributed by atoms with Gasteiger partial charge in [-0.05, 0) is 43.7 Å². The topological polar surface area (TPSA) is 42.3 Å². The van der Waals surface area contributed by atoms with Crippen molar-refractivity contribution >= 4 is 5.69 Å². The third-order valence-corrected chi connectivity index (χ3v) is 5.49. The molecule has 1 N–H and O–H groups in total. The van der Waals surface area contributed by atoms with Gasteiger partial charge in [0.1, 0.15) is 11.6 Å². The summed E-state index contributed by atoms with van der Waals surface area (Å²) in [5.41, 5.74) is 1.21. The molecule has 1 aromatic heterocycles. The second-order valence-electron chi connectivity index (χ2n) is 7.34. The summed E-state index contributed by atoms with van der Waals surface area (Å²) in [4.78, 5) is 7.07. The van der Waals surface area contributed by atoms with E-state index in [2.05, 4.69) is 45.1 Å². The number of nitrogens with zero attached hydrogens (tertiary/aromatic N) is 3. The molecule has 2 aromatic rings. The van der Waals surface area contributed by atoms with E-state index in [1.54, 1.807) is 7.11 Å². The predicted molar refractivity (Wildman–Crippen MR) is 100 cm³/mol. The Morgan fingerprint density at radius 1 is 1.24 bits per heavy atom. The molecule has 1 saturated heterocycles.